The van der Waals surface area contributed by atoms with E-state index in [1.165, 1.54) is 21.9 Å². The molecule has 0 saturated carbocycles. The number of benzene rings is 2. The molecule has 1 aliphatic rings. The molecule has 2 aromatic carbocycles. The highest BCUT2D eigenvalue weighted by Crippen LogP contribution is 2.28. The van der Waals surface area contributed by atoms with Crippen LogP contribution in [-0.4, -0.2) is 43.9 Å². The number of sulfonamides is 1. The summed E-state index contributed by atoms with van der Waals surface area (Å²) < 4.78 is 40.0. The summed E-state index contributed by atoms with van der Waals surface area (Å²) in [6, 6.07) is 11.8. The van der Waals surface area contributed by atoms with E-state index in [-0.39, 0.29) is 17.6 Å². The highest BCUT2D eigenvalue weighted by Gasteiger charge is 2.28. The molecule has 1 amide bonds. The topological polar surface area (TPSA) is 99.5 Å². The van der Waals surface area contributed by atoms with Crippen molar-refractivity contribution in [2.45, 2.75) is 58.2 Å². The van der Waals surface area contributed by atoms with Crippen molar-refractivity contribution in [2.24, 2.45) is 0 Å². The van der Waals surface area contributed by atoms with Crippen LogP contribution in [-0.2, 0) is 38.9 Å². The zero-order valence-electron chi connectivity index (χ0n) is 20.7. The molecule has 3 aromatic rings. The minimum absolute atomic E-state index is 0.0444. The molecule has 1 aliphatic heterocycles. The molecule has 0 fully saturated rings. The fourth-order valence-electron chi connectivity index (χ4n) is 4.27. The lowest BCUT2D eigenvalue weighted by Crippen LogP contribution is -2.33. The van der Waals surface area contributed by atoms with Gasteiger partial charge in [-0.1, -0.05) is 37.3 Å². The van der Waals surface area contributed by atoms with Crippen molar-refractivity contribution >= 4 is 15.9 Å². The molecule has 9 heteroatoms. The van der Waals surface area contributed by atoms with Crippen molar-refractivity contribution in [3.05, 3.63) is 64.2 Å². The predicted octanol–water partition coefficient (Wildman–Crippen LogP) is 3.49. The van der Waals surface area contributed by atoms with Crippen molar-refractivity contribution in [2.75, 3.05) is 13.7 Å². The van der Waals surface area contributed by atoms with Gasteiger partial charge in [0.1, 0.15) is 12.7 Å². The number of methoxy groups -OCH3 is 1. The molecule has 0 spiro atoms. The maximum absolute atomic E-state index is 12.8. The van der Waals surface area contributed by atoms with E-state index >= 15 is 0 Å². The van der Waals surface area contributed by atoms with Gasteiger partial charge in [0.05, 0.1) is 13.0 Å². The Morgan fingerprint density at radius 2 is 1.86 bits per heavy atom. The number of aromatic nitrogens is 2. The van der Waals surface area contributed by atoms with Gasteiger partial charge in [0.15, 0.2) is 0 Å². The van der Waals surface area contributed by atoms with Gasteiger partial charge in [0.25, 0.3) is 10.0 Å². The summed E-state index contributed by atoms with van der Waals surface area (Å²) in [7, 11) is -2.59. The Hall–Kier alpha value is -3.17. The second kappa shape index (κ2) is 9.83. The number of hydrogen-bond acceptors (Lipinski definition) is 6. The van der Waals surface area contributed by atoms with E-state index in [1.807, 2.05) is 19.9 Å². The number of aryl methyl sites for hydroxylation is 4. The van der Waals surface area contributed by atoms with Gasteiger partial charge >= 0.3 is 0 Å². The fraction of sp³-hybridized carbons (Fsp3) is 0.385. The molecule has 1 aromatic heterocycles. The third-order valence-electron chi connectivity index (χ3n) is 6.50. The summed E-state index contributed by atoms with van der Waals surface area (Å²) in [6.45, 7) is 8.84. The Kier molecular flexibility index (Phi) is 7.00. The van der Waals surface area contributed by atoms with Crippen LogP contribution in [0, 0.1) is 20.8 Å². The number of carbonyl (C=O) groups is 1. The van der Waals surface area contributed by atoms with Gasteiger partial charge in [-0.25, -0.2) is 9.40 Å². The lowest BCUT2D eigenvalue weighted by Gasteiger charge is -2.22. The van der Waals surface area contributed by atoms with Gasteiger partial charge in [0, 0.05) is 13.2 Å². The first-order chi connectivity index (χ1) is 16.6. The smallest absolute Gasteiger partial charge is 0.283 e. The van der Waals surface area contributed by atoms with E-state index in [0.29, 0.717) is 19.0 Å². The maximum Gasteiger partial charge on any atom is 0.283 e. The number of hydrogen-bond donors (Lipinski definition) is 1. The van der Waals surface area contributed by atoms with E-state index in [1.54, 1.807) is 7.11 Å². The monoisotopic (exact) mass is 497 g/mol. The number of nitrogens with one attached hydrogen (secondary N) is 1. The molecule has 0 bridgehead atoms. The second-order valence-electron chi connectivity index (χ2n) is 8.96. The molecule has 2 heterocycles. The molecule has 186 valence electrons. The third kappa shape index (κ3) is 5.26. The van der Waals surface area contributed by atoms with Crippen LogP contribution in [0.25, 0.3) is 11.1 Å². The minimum Gasteiger partial charge on any atom is -0.475 e. The van der Waals surface area contributed by atoms with Crippen molar-refractivity contribution in [1.29, 1.82) is 0 Å². The molecule has 0 radical (unpaired) electrons. The van der Waals surface area contributed by atoms with Crippen molar-refractivity contribution in [3.63, 3.8) is 0 Å². The van der Waals surface area contributed by atoms with Gasteiger partial charge in [-0.3, -0.25) is 4.79 Å². The van der Waals surface area contributed by atoms with Crippen LogP contribution in [0.3, 0.4) is 0 Å². The summed E-state index contributed by atoms with van der Waals surface area (Å²) in [6.07, 6.45) is 0.465. The number of nitrogens with zero attached hydrogens (tertiary/aromatic N) is 2. The van der Waals surface area contributed by atoms with Crippen molar-refractivity contribution < 1.29 is 22.7 Å². The molecule has 1 unspecified atom stereocenters. The third-order valence-corrected chi connectivity index (χ3v) is 7.74. The average Bonchev–Trinajstić information content (AvgIpc) is 3.26. The molecule has 1 atom stereocenters. The molecular weight excluding hydrogens is 466 g/mol. The Bertz CT molecular complexity index is 1380. The lowest BCUT2D eigenvalue weighted by atomic mass is 9.91. The average molecular weight is 498 g/mol. The number of carbonyl (C=O) groups excluding carboxylic acids is 1. The Balaban J connectivity index is 1.53. The summed E-state index contributed by atoms with van der Waals surface area (Å²) in [5, 5.41) is 3.84. The number of ether oxygens (including phenoxy) is 2. The fourth-order valence-corrected chi connectivity index (χ4v) is 5.21. The second-order valence-corrected chi connectivity index (χ2v) is 10.6. The Morgan fingerprint density at radius 3 is 2.54 bits per heavy atom. The van der Waals surface area contributed by atoms with Crippen LogP contribution in [0.2, 0.25) is 0 Å². The first kappa shape index (κ1) is 24.9. The quantitative estimate of drug-likeness (QED) is 0.536. The van der Waals surface area contributed by atoms with Gasteiger partial charge < -0.3 is 9.47 Å². The Labute approximate surface area is 206 Å². The number of amides is 1. The number of rotatable bonds is 7. The highest BCUT2D eigenvalue weighted by molar-refractivity contribution is 7.90. The van der Waals surface area contributed by atoms with Gasteiger partial charge in [-0.15, -0.1) is 0 Å². The van der Waals surface area contributed by atoms with Gasteiger partial charge in [0.2, 0.25) is 16.8 Å². The van der Waals surface area contributed by atoms with Crippen molar-refractivity contribution in [3.8, 4) is 17.0 Å². The first-order valence-corrected chi connectivity index (χ1v) is 13.1. The van der Waals surface area contributed by atoms with Crippen LogP contribution in [0.4, 0.5) is 0 Å². The summed E-state index contributed by atoms with van der Waals surface area (Å²) in [5.74, 6) is -0.277. The summed E-state index contributed by atoms with van der Waals surface area (Å²) in [5.41, 5.74) is 7.45. The molecule has 1 N–H and O–H groups in total. The molecular formula is C26H31N3O5S. The molecule has 8 nitrogen and oxygen atoms in total. The first-order valence-electron chi connectivity index (χ1n) is 11.6. The van der Waals surface area contributed by atoms with E-state index in [9.17, 15) is 13.2 Å². The predicted molar refractivity (Wildman–Crippen MR) is 133 cm³/mol. The summed E-state index contributed by atoms with van der Waals surface area (Å²) >= 11 is 0. The van der Waals surface area contributed by atoms with Crippen LogP contribution < -0.4 is 9.46 Å². The highest BCUT2D eigenvalue weighted by atomic mass is 32.2. The molecule has 0 saturated heterocycles. The SMILES string of the molecule is CCc1cc(-c2ccc(C)c(C)c2)cc(C)c1CC(=O)NS(=O)(=O)c1cc2n(n1)CC(OC)CO2. The van der Waals surface area contributed by atoms with Crippen LogP contribution in [0.15, 0.2) is 41.4 Å². The van der Waals surface area contributed by atoms with Crippen LogP contribution in [0.1, 0.15) is 34.7 Å². The largest absolute Gasteiger partial charge is 0.475 e. The summed E-state index contributed by atoms with van der Waals surface area (Å²) in [4.78, 5) is 12.8. The minimum atomic E-state index is -4.14. The standard InChI is InChI=1S/C26H31N3O5S/c1-6-19-11-21(20-8-7-16(2)17(3)9-20)10-18(4)23(19)12-24(30)28-35(31,32)25-13-26-29(27-25)14-22(33-5)15-34-26/h7-11,13,22H,6,12,14-15H2,1-5H3,(H,28,30). The van der Waals surface area contributed by atoms with E-state index in [2.05, 4.69) is 47.9 Å². The molecule has 4 rings (SSSR count). The van der Waals surface area contributed by atoms with E-state index in [0.717, 1.165) is 34.2 Å². The lowest BCUT2D eigenvalue weighted by molar-refractivity contribution is -0.118. The van der Waals surface area contributed by atoms with Crippen molar-refractivity contribution in [1.82, 2.24) is 14.5 Å². The van der Waals surface area contributed by atoms with Crippen LogP contribution in [0.5, 0.6) is 5.88 Å². The van der Waals surface area contributed by atoms with Gasteiger partial charge in [-0.2, -0.15) is 13.5 Å². The van der Waals surface area contributed by atoms with Gasteiger partial charge in [-0.05, 0) is 66.1 Å². The van der Waals surface area contributed by atoms with Crippen LogP contribution >= 0.6 is 0 Å². The number of fused-ring (bicyclic) bond motifs is 1. The zero-order chi connectivity index (χ0) is 25.3. The van der Waals surface area contributed by atoms with E-state index in [4.69, 9.17) is 9.47 Å². The molecule has 35 heavy (non-hydrogen) atoms. The maximum atomic E-state index is 12.8. The zero-order valence-corrected chi connectivity index (χ0v) is 21.5. The molecule has 0 aliphatic carbocycles. The Morgan fingerprint density at radius 1 is 1.11 bits per heavy atom. The normalized spacial score (nSPS) is 15.4. The van der Waals surface area contributed by atoms with E-state index < -0.39 is 15.9 Å².